The summed E-state index contributed by atoms with van der Waals surface area (Å²) in [6.07, 6.45) is -3.77. The van der Waals surface area contributed by atoms with Crippen molar-refractivity contribution >= 4 is 10.1 Å². The minimum Gasteiger partial charge on any atom is -0.743 e. The topological polar surface area (TPSA) is 57.2 Å². The summed E-state index contributed by atoms with van der Waals surface area (Å²) in [5.41, 5.74) is 0. The van der Waals surface area contributed by atoms with E-state index in [1.807, 2.05) is 0 Å². The van der Waals surface area contributed by atoms with Gasteiger partial charge in [-0.2, -0.15) is 26.3 Å². The van der Waals surface area contributed by atoms with Gasteiger partial charge in [-0.3, -0.25) is 0 Å². The van der Waals surface area contributed by atoms with Crippen molar-refractivity contribution in [3.63, 3.8) is 0 Å². The standard InChI is InChI=1S/C10H15F7O3S.K/c1-2-3-4-5-6-7(11)8(12,13)9(14,15)10(16,17)21(18,19)20;/h7H,2-6H2,1H3,(H,18,19,20);/q;+1/p-1. The fourth-order valence-corrected chi connectivity index (χ4v) is 1.93. The Labute approximate surface area is 166 Å². The molecule has 1 unspecified atom stereocenters. The molecule has 0 rings (SSSR count). The SMILES string of the molecule is CCCCCCC(F)C(F)(F)C(F)(F)C(F)(F)S(=O)(=O)[O-].[K+]. The molecular weight excluding hydrogens is 372 g/mol. The number of hydrogen-bond acceptors (Lipinski definition) is 3. The number of rotatable bonds is 9. The third-order valence-electron chi connectivity index (χ3n) is 2.80. The zero-order valence-electron chi connectivity index (χ0n) is 11.9. The van der Waals surface area contributed by atoms with Gasteiger partial charge in [-0.15, -0.1) is 0 Å². The van der Waals surface area contributed by atoms with E-state index >= 15 is 0 Å². The van der Waals surface area contributed by atoms with E-state index in [2.05, 4.69) is 0 Å². The van der Waals surface area contributed by atoms with Gasteiger partial charge in [-0.25, -0.2) is 12.8 Å². The van der Waals surface area contributed by atoms with E-state index in [-0.39, 0.29) is 64.2 Å². The van der Waals surface area contributed by atoms with Crippen molar-refractivity contribution in [3.8, 4) is 0 Å². The van der Waals surface area contributed by atoms with Crippen molar-refractivity contribution in [1.29, 1.82) is 0 Å². The van der Waals surface area contributed by atoms with Gasteiger partial charge in [-0.1, -0.05) is 32.6 Å². The van der Waals surface area contributed by atoms with Gasteiger partial charge < -0.3 is 4.55 Å². The molecule has 12 heteroatoms. The maximum absolute atomic E-state index is 13.2. The molecular formula is C10H14F7KO3S. The average Bonchev–Trinajstić information content (AvgIpc) is 2.32. The Balaban J connectivity index is 0. The summed E-state index contributed by atoms with van der Waals surface area (Å²) in [7, 11) is -7.09. The van der Waals surface area contributed by atoms with Crippen molar-refractivity contribution in [2.75, 3.05) is 0 Å². The van der Waals surface area contributed by atoms with Crippen LogP contribution in [0.1, 0.15) is 39.0 Å². The molecule has 0 spiro atoms. The normalized spacial score (nSPS) is 15.3. The van der Waals surface area contributed by atoms with Crippen molar-refractivity contribution in [2.24, 2.45) is 0 Å². The van der Waals surface area contributed by atoms with E-state index in [1.54, 1.807) is 6.92 Å². The van der Waals surface area contributed by atoms with Crippen LogP contribution >= 0.6 is 0 Å². The van der Waals surface area contributed by atoms with E-state index in [0.29, 0.717) is 12.8 Å². The molecule has 0 radical (unpaired) electrons. The van der Waals surface area contributed by atoms with Crippen LogP contribution in [0.15, 0.2) is 0 Å². The number of alkyl halides is 7. The van der Waals surface area contributed by atoms with Crippen LogP contribution in [-0.2, 0) is 10.1 Å². The smallest absolute Gasteiger partial charge is 0.743 e. The van der Waals surface area contributed by atoms with E-state index in [1.165, 1.54) is 0 Å². The molecule has 0 aromatic heterocycles. The molecule has 0 fully saturated rings. The first-order valence-corrected chi connectivity index (χ1v) is 7.37. The van der Waals surface area contributed by atoms with Crippen LogP contribution in [0, 0.1) is 0 Å². The van der Waals surface area contributed by atoms with Crippen LogP contribution in [-0.4, -0.2) is 36.2 Å². The van der Waals surface area contributed by atoms with Crippen LogP contribution in [0.5, 0.6) is 0 Å². The van der Waals surface area contributed by atoms with Gasteiger partial charge in [0.15, 0.2) is 16.3 Å². The summed E-state index contributed by atoms with van der Waals surface area (Å²) in [5.74, 6) is -12.6. The zero-order chi connectivity index (χ0) is 17.1. The first-order chi connectivity index (χ1) is 9.23. The molecule has 1 atom stereocenters. The summed E-state index contributed by atoms with van der Waals surface area (Å²) in [5, 5.41) is -6.61. The maximum Gasteiger partial charge on any atom is 1.00 e. The first kappa shape index (κ1) is 25.3. The van der Waals surface area contributed by atoms with Crippen LogP contribution in [0.3, 0.4) is 0 Å². The van der Waals surface area contributed by atoms with Crippen LogP contribution in [0.25, 0.3) is 0 Å². The zero-order valence-corrected chi connectivity index (χ0v) is 15.8. The van der Waals surface area contributed by atoms with Gasteiger partial charge in [0.2, 0.25) is 0 Å². The van der Waals surface area contributed by atoms with Gasteiger partial charge in [0.05, 0.1) is 0 Å². The van der Waals surface area contributed by atoms with Crippen molar-refractivity contribution in [2.45, 2.75) is 62.3 Å². The molecule has 0 heterocycles. The summed E-state index contributed by atoms with van der Waals surface area (Å²) >= 11 is 0. The second-order valence-corrected chi connectivity index (χ2v) is 5.91. The van der Waals surface area contributed by atoms with Gasteiger partial charge in [0.1, 0.15) is 0 Å². The molecule has 0 bridgehead atoms. The molecule has 0 saturated carbocycles. The molecule has 0 aliphatic carbocycles. The predicted molar refractivity (Wildman–Crippen MR) is 58.2 cm³/mol. The van der Waals surface area contributed by atoms with E-state index in [4.69, 9.17) is 0 Å². The molecule has 0 aromatic rings. The maximum atomic E-state index is 13.2. The summed E-state index contributed by atoms with van der Waals surface area (Å²) in [6.45, 7) is 1.73. The third kappa shape index (κ3) is 5.28. The molecule has 0 aromatic carbocycles. The number of hydrogen-bond donors (Lipinski definition) is 0. The summed E-state index contributed by atoms with van der Waals surface area (Å²) in [4.78, 5) is 0. The molecule has 0 amide bonds. The summed E-state index contributed by atoms with van der Waals surface area (Å²) in [6, 6.07) is 0. The minimum atomic E-state index is -7.09. The second-order valence-electron chi connectivity index (χ2n) is 4.49. The Morgan fingerprint density at radius 1 is 1.00 bits per heavy atom. The van der Waals surface area contributed by atoms with Crippen molar-refractivity contribution in [3.05, 3.63) is 0 Å². The van der Waals surface area contributed by atoms with E-state index < -0.39 is 39.8 Å². The fourth-order valence-electron chi connectivity index (χ4n) is 1.48. The third-order valence-corrected chi connectivity index (χ3v) is 3.69. The fraction of sp³-hybridized carbons (Fsp3) is 1.00. The van der Waals surface area contributed by atoms with Crippen molar-refractivity contribution < 1.29 is 95.1 Å². The number of halogens is 7. The molecule has 3 nitrogen and oxygen atoms in total. The van der Waals surface area contributed by atoms with Gasteiger partial charge >= 0.3 is 68.5 Å². The van der Waals surface area contributed by atoms with Crippen LogP contribution in [0.2, 0.25) is 0 Å². The Hall–Kier alpha value is 1.06. The Kier molecular flexibility index (Phi) is 10.3. The molecule has 0 N–H and O–H groups in total. The number of unbranched alkanes of at least 4 members (excludes halogenated alkanes) is 3. The van der Waals surface area contributed by atoms with Gasteiger partial charge in [0, 0.05) is 0 Å². The molecule has 0 aliphatic rings. The summed E-state index contributed by atoms with van der Waals surface area (Å²) < 4.78 is 121. The molecule has 0 aliphatic heterocycles. The minimum absolute atomic E-state index is 0. The van der Waals surface area contributed by atoms with E-state index in [0.717, 1.165) is 0 Å². The van der Waals surface area contributed by atoms with E-state index in [9.17, 15) is 43.7 Å². The monoisotopic (exact) mass is 386 g/mol. The first-order valence-electron chi connectivity index (χ1n) is 5.96. The van der Waals surface area contributed by atoms with Gasteiger partial charge in [-0.05, 0) is 6.42 Å². The molecule has 128 valence electrons. The quantitative estimate of drug-likeness (QED) is 0.254. The molecule has 0 saturated heterocycles. The Morgan fingerprint density at radius 2 is 1.45 bits per heavy atom. The van der Waals surface area contributed by atoms with Crippen LogP contribution in [0.4, 0.5) is 30.7 Å². The largest absolute Gasteiger partial charge is 1.00 e. The van der Waals surface area contributed by atoms with Gasteiger partial charge in [0.25, 0.3) is 0 Å². The van der Waals surface area contributed by atoms with Crippen LogP contribution < -0.4 is 51.4 Å². The predicted octanol–water partition coefficient (Wildman–Crippen LogP) is 0.708. The molecule has 22 heavy (non-hydrogen) atoms. The second kappa shape index (κ2) is 8.95. The Morgan fingerprint density at radius 3 is 1.82 bits per heavy atom. The van der Waals surface area contributed by atoms with Crippen molar-refractivity contribution in [1.82, 2.24) is 0 Å². The Bertz CT molecular complexity index is 442. The average molecular weight is 386 g/mol.